The molecule has 0 fully saturated rings. The molecule has 0 aliphatic rings. The summed E-state index contributed by atoms with van der Waals surface area (Å²) in [5.41, 5.74) is 3.62. The normalized spacial score (nSPS) is 11.6. The first-order valence-electron chi connectivity index (χ1n) is 7.12. The molecule has 1 aromatic heterocycles. The first-order valence-corrected chi connectivity index (χ1v) is 7.12. The Hall–Kier alpha value is -2.42. The highest BCUT2D eigenvalue weighted by Gasteiger charge is 2.14. The van der Waals surface area contributed by atoms with Gasteiger partial charge in [-0.25, -0.2) is 0 Å². The minimum atomic E-state index is 0.158. The van der Waals surface area contributed by atoms with Gasteiger partial charge in [-0.1, -0.05) is 63.2 Å². The highest BCUT2D eigenvalue weighted by Crippen LogP contribution is 2.26. The molecule has 0 N–H and O–H groups in total. The molecule has 0 unspecified atom stereocenters. The summed E-state index contributed by atoms with van der Waals surface area (Å²) in [4.78, 5) is 0. The molecule has 0 bridgehead atoms. The molecule has 3 nitrogen and oxygen atoms in total. The third kappa shape index (κ3) is 2.72. The topological polar surface area (TPSA) is 30.7 Å². The molecule has 0 aliphatic carbocycles. The summed E-state index contributed by atoms with van der Waals surface area (Å²) in [7, 11) is 0. The van der Waals surface area contributed by atoms with Crippen LogP contribution in [0.5, 0.6) is 0 Å². The van der Waals surface area contributed by atoms with E-state index >= 15 is 0 Å². The molecule has 106 valence electrons. The first-order chi connectivity index (χ1) is 10.1. The number of benzene rings is 2. The Kier molecular flexibility index (Phi) is 3.34. The third-order valence-corrected chi connectivity index (χ3v) is 3.59. The highest BCUT2D eigenvalue weighted by atomic mass is 15.3. The van der Waals surface area contributed by atoms with Crippen molar-refractivity contribution >= 4 is 0 Å². The monoisotopic (exact) mass is 277 g/mol. The lowest BCUT2D eigenvalue weighted by Crippen LogP contribution is -2.10. The lowest BCUT2D eigenvalue weighted by molar-refractivity contribution is 0.590. The summed E-state index contributed by atoms with van der Waals surface area (Å²) in [6, 6.07) is 18.7. The Morgan fingerprint density at radius 3 is 2.14 bits per heavy atom. The van der Waals surface area contributed by atoms with Crippen LogP contribution >= 0.6 is 0 Å². The van der Waals surface area contributed by atoms with Crippen LogP contribution in [0.15, 0.2) is 60.9 Å². The van der Waals surface area contributed by atoms with Gasteiger partial charge in [0.05, 0.1) is 0 Å². The molecule has 3 aromatic rings. The van der Waals surface area contributed by atoms with E-state index < -0.39 is 0 Å². The van der Waals surface area contributed by atoms with Gasteiger partial charge in [0.1, 0.15) is 6.33 Å². The Morgan fingerprint density at radius 1 is 0.857 bits per heavy atom. The summed E-state index contributed by atoms with van der Waals surface area (Å²) in [5.74, 6) is 0.863. The number of para-hydroxylation sites is 1. The number of rotatable bonds is 2. The standard InChI is InChI=1S/C18H19N3/c1-18(2,3)15-11-9-14(10-12-15)17-20-19-13-21(17)16-7-5-4-6-8-16/h4-13H,1-3H3. The van der Waals surface area contributed by atoms with Crippen LogP contribution in [-0.4, -0.2) is 14.8 Å². The van der Waals surface area contributed by atoms with Crippen LogP contribution in [0.25, 0.3) is 17.1 Å². The van der Waals surface area contributed by atoms with Gasteiger partial charge < -0.3 is 0 Å². The molecule has 0 aliphatic heterocycles. The van der Waals surface area contributed by atoms with Gasteiger partial charge in [0.25, 0.3) is 0 Å². The van der Waals surface area contributed by atoms with E-state index in [2.05, 4.69) is 67.4 Å². The van der Waals surface area contributed by atoms with E-state index in [-0.39, 0.29) is 5.41 Å². The van der Waals surface area contributed by atoms with Crippen molar-refractivity contribution in [2.45, 2.75) is 26.2 Å². The molecule has 2 aromatic carbocycles. The summed E-state index contributed by atoms with van der Waals surface area (Å²) in [5, 5.41) is 8.33. The third-order valence-electron chi connectivity index (χ3n) is 3.59. The van der Waals surface area contributed by atoms with E-state index in [9.17, 15) is 0 Å². The van der Waals surface area contributed by atoms with Gasteiger partial charge in [0, 0.05) is 11.3 Å². The molecule has 0 spiro atoms. The second kappa shape index (κ2) is 5.17. The van der Waals surface area contributed by atoms with E-state index in [1.165, 1.54) is 5.56 Å². The maximum atomic E-state index is 4.27. The van der Waals surface area contributed by atoms with Crippen LogP contribution in [0.1, 0.15) is 26.3 Å². The zero-order valence-electron chi connectivity index (χ0n) is 12.6. The lowest BCUT2D eigenvalue weighted by atomic mass is 9.87. The lowest BCUT2D eigenvalue weighted by Gasteiger charge is -2.19. The minimum Gasteiger partial charge on any atom is -0.282 e. The van der Waals surface area contributed by atoms with Gasteiger partial charge in [0.2, 0.25) is 0 Å². The van der Waals surface area contributed by atoms with Crippen molar-refractivity contribution in [3.8, 4) is 17.1 Å². The zero-order chi connectivity index (χ0) is 14.9. The Labute approximate surface area is 125 Å². The molecular weight excluding hydrogens is 258 g/mol. The fraction of sp³-hybridized carbons (Fsp3) is 0.222. The summed E-state index contributed by atoms with van der Waals surface area (Å²) in [6.07, 6.45) is 1.75. The van der Waals surface area contributed by atoms with Gasteiger partial charge in [-0.05, 0) is 23.1 Å². The van der Waals surface area contributed by atoms with Crippen molar-refractivity contribution in [2.75, 3.05) is 0 Å². The Bertz CT molecular complexity index is 719. The molecular formula is C18H19N3. The SMILES string of the molecule is CC(C)(C)c1ccc(-c2nncn2-c2ccccc2)cc1. The molecule has 0 radical (unpaired) electrons. The largest absolute Gasteiger partial charge is 0.282 e. The van der Waals surface area contributed by atoms with Crippen molar-refractivity contribution in [1.82, 2.24) is 14.8 Å². The minimum absolute atomic E-state index is 0.158. The number of hydrogen-bond donors (Lipinski definition) is 0. The number of aromatic nitrogens is 3. The van der Waals surface area contributed by atoms with Crippen molar-refractivity contribution in [3.05, 3.63) is 66.5 Å². The maximum Gasteiger partial charge on any atom is 0.168 e. The van der Waals surface area contributed by atoms with Gasteiger partial charge >= 0.3 is 0 Å². The average molecular weight is 277 g/mol. The van der Waals surface area contributed by atoms with Crippen LogP contribution in [0.4, 0.5) is 0 Å². The predicted molar refractivity (Wildman–Crippen MR) is 85.5 cm³/mol. The summed E-state index contributed by atoms with van der Waals surface area (Å²) >= 11 is 0. The van der Waals surface area contributed by atoms with Gasteiger partial charge in [0.15, 0.2) is 5.82 Å². The van der Waals surface area contributed by atoms with Gasteiger partial charge in [-0.2, -0.15) is 0 Å². The second-order valence-electron chi connectivity index (χ2n) is 6.19. The number of nitrogens with zero attached hydrogens (tertiary/aromatic N) is 3. The summed E-state index contributed by atoms with van der Waals surface area (Å²) in [6.45, 7) is 6.65. The fourth-order valence-electron chi connectivity index (χ4n) is 2.33. The average Bonchev–Trinajstić information content (AvgIpc) is 2.97. The van der Waals surface area contributed by atoms with Crippen molar-refractivity contribution < 1.29 is 0 Å². The highest BCUT2D eigenvalue weighted by molar-refractivity contribution is 5.58. The predicted octanol–water partition coefficient (Wildman–Crippen LogP) is 4.23. The van der Waals surface area contributed by atoms with Crippen LogP contribution in [0.2, 0.25) is 0 Å². The van der Waals surface area contributed by atoms with Crippen molar-refractivity contribution in [2.24, 2.45) is 0 Å². The van der Waals surface area contributed by atoms with E-state index in [0.717, 1.165) is 17.1 Å². The fourth-order valence-corrected chi connectivity index (χ4v) is 2.33. The molecule has 1 heterocycles. The molecule has 3 heteroatoms. The van der Waals surface area contributed by atoms with Crippen LogP contribution in [-0.2, 0) is 5.41 Å². The molecule has 0 saturated carbocycles. The Balaban J connectivity index is 2.01. The van der Waals surface area contributed by atoms with Crippen LogP contribution in [0.3, 0.4) is 0 Å². The van der Waals surface area contributed by atoms with E-state index in [0.29, 0.717) is 0 Å². The first kappa shape index (κ1) is 13.6. The second-order valence-corrected chi connectivity index (χ2v) is 6.19. The molecule has 0 saturated heterocycles. The summed E-state index contributed by atoms with van der Waals surface area (Å²) < 4.78 is 2.01. The van der Waals surface area contributed by atoms with Gasteiger partial charge in [-0.15, -0.1) is 10.2 Å². The van der Waals surface area contributed by atoms with E-state index in [1.54, 1.807) is 6.33 Å². The van der Waals surface area contributed by atoms with Gasteiger partial charge in [-0.3, -0.25) is 4.57 Å². The molecule has 21 heavy (non-hydrogen) atoms. The van der Waals surface area contributed by atoms with Crippen LogP contribution in [0, 0.1) is 0 Å². The van der Waals surface area contributed by atoms with Crippen LogP contribution < -0.4 is 0 Å². The zero-order valence-corrected chi connectivity index (χ0v) is 12.6. The number of hydrogen-bond acceptors (Lipinski definition) is 2. The Morgan fingerprint density at radius 2 is 1.52 bits per heavy atom. The molecule has 0 amide bonds. The van der Waals surface area contributed by atoms with E-state index in [1.807, 2.05) is 22.8 Å². The smallest absolute Gasteiger partial charge is 0.168 e. The molecule has 3 rings (SSSR count). The quantitative estimate of drug-likeness (QED) is 0.701. The van der Waals surface area contributed by atoms with Crippen molar-refractivity contribution in [3.63, 3.8) is 0 Å². The molecule has 0 atom stereocenters. The maximum absolute atomic E-state index is 4.27. The van der Waals surface area contributed by atoms with Crippen molar-refractivity contribution in [1.29, 1.82) is 0 Å². The van der Waals surface area contributed by atoms with E-state index in [4.69, 9.17) is 0 Å².